The van der Waals surface area contributed by atoms with Gasteiger partial charge in [0.25, 0.3) is 0 Å². The van der Waals surface area contributed by atoms with Crippen LogP contribution in [0.15, 0.2) is 23.3 Å². The van der Waals surface area contributed by atoms with Gasteiger partial charge in [0, 0.05) is 6.07 Å². The number of alkyl halides is 3. The predicted octanol–water partition coefficient (Wildman–Crippen LogP) is 2.58. The van der Waals surface area contributed by atoms with Crippen molar-refractivity contribution in [2.75, 3.05) is 12.0 Å². The molecule has 20 heavy (non-hydrogen) atoms. The first-order valence-electron chi connectivity index (χ1n) is 4.98. The highest BCUT2D eigenvalue weighted by atomic mass is 19.4. The van der Waals surface area contributed by atoms with Crippen molar-refractivity contribution >= 4 is 11.4 Å². The fourth-order valence-corrected chi connectivity index (χ4v) is 1.04. The lowest BCUT2D eigenvalue weighted by Gasteiger charge is -2.10. The van der Waals surface area contributed by atoms with Crippen LogP contribution in [0.25, 0.3) is 0 Å². The monoisotopic (exact) mass is 286 g/mol. The second kappa shape index (κ2) is 6.38. The summed E-state index contributed by atoms with van der Waals surface area (Å²) in [6.07, 6.45) is -4.57. The molecule has 1 aromatic carbocycles. The molecule has 0 heterocycles. The lowest BCUT2D eigenvalue weighted by Crippen LogP contribution is -2.19. The topological polar surface area (TPSA) is 81.2 Å². The van der Waals surface area contributed by atoms with E-state index in [2.05, 4.69) is 15.3 Å². The first kappa shape index (κ1) is 15.2. The van der Waals surface area contributed by atoms with E-state index >= 15 is 0 Å². The highest BCUT2D eigenvalue weighted by molar-refractivity contribution is 6.10. The number of anilines is 1. The molecule has 0 atom stereocenters. The Morgan fingerprint density at radius 3 is 2.45 bits per heavy atom. The number of nitrogens with one attached hydrogen (secondary N) is 1. The number of halogens is 4. The summed E-state index contributed by atoms with van der Waals surface area (Å²) >= 11 is 0. The summed E-state index contributed by atoms with van der Waals surface area (Å²) in [4.78, 5) is 0. The van der Waals surface area contributed by atoms with Crippen molar-refractivity contribution in [1.29, 1.82) is 10.5 Å². The molecule has 0 saturated carbocycles. The Balaban J connectivity index is 2.77. The van der Waals surface area contributed by atoms with Crippen LogP contribution >= 0.6 is 0 Å². The fourth-order valence-electron chi connectivity index (χ4n) is 1.04. The third-order valence-corrected chi connectivity index (χ3v) is 1.83. The molecule has 0 bridgehead atoms. The zero-order valence-corrected chi connectivity index (χ0v) is 9.70. The Hall–Kier alpha value is -2.81. The summed E-state index contributed by atoms with van der Waals surface area (Å²) in [6, 6.07) is 5.91. The highest BCUT2D eigenvalue weighted by Crippen LogP contribution is 2.23. The molecule has 1 N–H and O–H groups in total. The van der Waals surface area contributed by atoms with Crippen LogP contribution in [0.5, 0.6) is 5.75 Å². The van der Waals surface area contributed by atoms with Gasteiger partial charge in [-0.15, -0.1) is 0 Å². The summed E-state index contributed by atoms with van der Waals surface area (Å²) in [6.45, 7) is -1.61. The van der Waals surface area contributed by atoms with E-state index in [1.54, 1.807) is 0 Å². The summed E-state index contributed by atoms with van der Waals surface area (Å²) in [5.41, 5.74) is 1.77. The number of hydrazone groups is 1. The molecule has 0 radical (unpaired) electrons. The lowest BCUT2D eigenvalue weighted by molar-refractivity contribution is -0.153. The second-order valence-corrected chi connectivity index (χ2v) is 3.34. The molecule has 1 rings (SSSR count). The van der Waals surface area contributed by atoms with Gasteiger partial charge in [-0.05, 0) is 12.1 Å². The molecule has 0 aliphatic carbocycles. The Bertz CT molecular complexity index is 582. The second-order valence-electron chi connectivity index (χ2n) is 3.34. The summed E-state index contributed by atoms with van der Waals surface area (Å²) in [7, 11) is 0. The van der Waals surface area contributed by atoms with E-state index in [-0.39, 0.29) is 5.69 Å². The van der Waals surface area contributed by atoms with Crippen molar-refractivity contribution in [2.45, 2.75) is 6.18 Å². The zero-order chi connectivity index (χ0) is 15.2. The van der Waals surface area contributed by atoms with Crippen LogP contribution in [0, 0.1) is 28.5 Å². The van der Waals surface area contributed by atoms with E-state index in [1.165, 1.54) is 18.2 Å². The maximum atomic E-state index is 13.4. The number of nitrogens with zero attached hydrogens (tertiary/aromatic N) is 3. The molecule has 0 spiro atoms. The van der Waals surface area contributed by atoms with E-state index in [0.29, 0.717) is 0 Å². The number of benzene rings is 1. The SMILES string of the molecule is N#CC(C#N)=NNc1ccc(OCC(F)(F)F)c(F)c1. The first-order valence-corrected chi connectivity index (χ1v) is 4.98. The van der Waals surface area contributed by atoms with Crippen LogP contribution in [0.3, 0.4) is 0 Å². The van der Waals surface area contributed by atoms with Crippen molar-refractivity contribution in [3.05, 3.63) is 24.0 Å². The standard InChI is InChI=1S/C11H6F4N4O/c12-9-3-7(18-19-8(4-16)5-17)1-2-10(9)20-6-11(13,14)15/h1-3,18H,6H2. The van der Waals surface area contributed by atoms with Crippen molar-refractivity contribution in [3.63, 3.8) is 0 Å². The van der Waals surface area contributed by atoms with Crippen LogP contribution in [0.4, 0.5) is 23.2 Å². The van der Waals surface area contributed by atoms with Gasteiger partial charge in [0.15, 0.2) is 18.2 Å². The fraction of sp³-hybridized carbons (Fsp3) is 0.182. The van der Waals surface area contributed by atoms with Crippen molar-refractivity contribution in [1.82, 2.24) is 0 Å². The molecule has 0 aliphatic rings. The number of rotatable bonds is 4. The molecule has 0 saturated heterocycles. The number of ether oxygens (including phenoxy) is 1. The Morgan fingerprint density at radius 2 is 1.95 bits per heavy atom. The summed E-state index contributed by atoms with van der Waals surface area (Å²) in [5.74, 6) is -1.61. The largest absolute Gasteiger partial charge is 0.481 e. The zero-order valence-electron chi connectivity index (χ0n) is 9.70. The van der Waals surface area contributed by atoms with Gasteiger partial charge in [0.2, 0.25) is 5.71 Å². The average molecular weight is 286 g/mol. The summed E-state index contributed by atoms with van der Waals surface area (Å²) < 4.78 is 53.4. The van der Waals surface area contributed by atoms with E-state index in [4.69, 9.17) is 10.5 Å². The van der Waals surface area contributed by atoms with E-state index in [0.717, 1.165) is 12.1 Å². The van der Waals surface area contributed by atoms with Crippen LogP contribution in [-0.2, 0) is 0 Å². The molecule has 0 unspecified atom stereocenters. The number of hydrogen-bond acceptors (Lipinski definition) is 5. The van der Waals surface area contributed by atoms with E-state index < -0.39 is 30.1 Å². The normalized spacial score (nSPS) is 10.1. The minimum absolute atomic E-state index is 0.0462. The minimum Gasteiger partial charge on any atom is -0.481 e. The van der Waals surface area contributed by atoms with Gasteiger partial charge >= 0.3 is 6.18 Å². The smallest absolute Gasteiger partial charge is 0.422 e. The van der Waals surface area contributed by atoms with Gasteiger partial charge < -0.3 is 4.74 Å². The Labute approximate surface area is 110 Å². The molecule has 9 heteroatoms. The van der Waals surface area contributed by atoms with E-state index in [9.17, 15) is 17.6 Å². The maximum Gasteiger partial charge on any atom is 0.422 e. The van der Waals surface area contributed by atoms with Crippen LogP contribution in [0.2, 0.25) is 0 Å². The summed E-state index contributed by atoms with van der Waals surface area (Å²) in [5, 5.41) is 20.2. The van der Waals surface area contributed by atoms with Gasteiger partial charge in [-0.1, -0.05) is 0 Å². The van der Waals surface area contributed by atoms with Gasteiger partial charge in [-0.2, -0.15) is 28.8 Å². The van der Waals surface area contributed by atoms with Gasteiger partial charge in [-0.25, -0.2) is 4.39 Å². The molecule has 1 aromatic rings. The van der Waals surface area contributed by atoms with E-state index in [1.807, 2.05) is 0 Å². The van der Waals surface area contributed by atoms with Crippen LogP contribution in [-0.4, -0.2) is 18.5 Å². The van der Waals surface area contributed by atoms with Gasteiger partial charge in [0.1, 0.15) is 12.1 Å². The molecule has 0 fully saturated rings. The maximum absolute atomic E-state index is 13.4. The Kier molecular flexibility index (Phi) is 4.87. The number of hydrogen-bond donors (Lipinski definition) is 1. The van der Waals surface area contributed by atoms with Gasteiger partial charge in [0.05, 0.1) is 5.69 Å². The van der Waals surface area contributed by atoms with Crippen LogP contribution in [0.1, 0.15) is 0 Å². The molecule has 0 amide bonds. The molecule has 5 nitrogen and oxygen atoms in total. The Morgan fingerprint density at radius 1 is 1.30 bits per heavy atom. The number of nitriles is 2. The minimum atomic E-state index is -4.57. The van der Waals surface area contributed by atoms with Gasteiger partial charge in [-0.3, -0.25) is 5.43 Å². The molecular formula is C11H6F4N4O. The molecule has 0 aromatic heterocycles. The van der Waals surface area contributed by atoms with Crippen LogP contribution < -0.4 is 10.2 Å². The van der Waals surface area contributed by atoms with Crippen molar-refractivity contribution in [3.8, 4) is 17.9 Å². The predicted molar refractivity (Wildman–Crippen MR) is 60.2 cm³/mol. The van der Waals surface area contributed by atoms with Crippen molar-refractivity contribution < 1.29 is 22.3 Å². The third kappa shape index (κ3) is 4.82. The molecular weight excluding hydrogens is 280 g/mol. The highest BCUT2D eigenvalue weighted by Gasteiger charge is 2.28. The van der Waals surface area contributed by atoms with Crippen molar-refractivity contribution in [2.24, 2.45) is 5.10 Å². The molecule has 0 aliphatic heterocycles. The molecule has 104 valence electrons. The third-order valence-electron chi connectivity index (χ3n) is 1.83. The lowest BCUT2D eigenvalue weighted by atomic mass is 10.3. The average Bonchev–Trinajstić information content (AvgIpc) is 2.38. The quantitative estimate of drug-likeness (QED) is 0.524. The first-order chi connectivity index (χ1) is 9.35.